The maximum Gasteiger partial charge on any atom is 0.150 e. The first-order chi connectivity index (χ1) is 12.5. The summed E-state index contributed by atoms with van der Waals surface area (Å²) in [6.07, 6.45) is 9.45. The van der Waals surface area contributed by atoms with Crippen molar-refractivity contribution in [3.05, 3.63) is 55.3 Å². The predicted molar refractivity (Wildman–Crippen MR) is 104 cm³/mol. The monoisotopic (exact) mass is 350 g/mol. The number of pyridine rings is 1. The molecule has 5 heteroatoms. The van der Waals surface area contributed by atoms with Gasteiger partial charge in [0.15, 0.2) is 0 Å². The van der Waals surface area contributed by atoms with Gasteiger partial charge in [-0.1, -0.05) is 25.1 Å². The Morgan fingerprint density at radius 3 is 2.69 bits per heavy atom. The van der Waals surface area contributed by atoms with Crippen LogP contribution in [0.1, 0.15) is 32.1 Å². The molecule has 3 aromatic rings. The highest BCUT2D eigenvalue weighted by molar-refractivity contribution is 5.88. The van der Waals surface area contributed by atoms with Crippen molar-refractivity contribution in [3.63, 3.8) is 0 Å². The summed E-state index contributed by atoms with van der Waals surface area (Å²) in [5.74, 6) is 0.632. The summed E-state index contributed by atoms with van der Waals surface area (Å²) in [4.78, 5) is 8.61. The Hall–Kier alpha value is -2.69. The van der Waals surface area contributed by atoms with Crippen LogP contribution < -0.4 is 5.32 Å². The summed E-state index contributed by atoms with van der Waals surface area (Å²) in [6.45, 7) is 3.96. The maximum atomic E-state index is 15.1. The molecule has 26 heavy (non-hydrogen) atoms. The number of hydrogen-bond donors (Lipinski definition) is 1. The maximum absolute atomic E-state index is 15.1. The molecule has 1 saturated carbocycles. The molecule has 0 spiro atoms. The molecule has 2 aromatic heterocycles. The molecule has 0 bridgehead atoms. The molecule has 1 fully saturated rings. The molecule has 1 N–H and O–H groups in total. The van der Waals surface area contributed by atoms with Gasteiger partial charge in [0.2, 0.25) is 0 Å². The van der Waals surface area contributed by atoms with Gasteiger partial charge in [-0.2, -0.15) is 0 Å². The number of aryl methyl sites for hydroxylation is 1. The van der Waals surface area contributed by atoms with E-state index in [2.05, 4.69) is 34.0 Å². The highest BCUT2D eigenvalue weighted by Crippen LogP contribution is 2.37. The van der Waals surface area contributed by atoms with Crippen molar-refractivity contribution in [3.8, 4) is 11.3 Å². The van der Waals surface area contributed by atoms with Crippen molar-refractivity contribution in [1.29, 1.82) is 0 Å². The minimum absolute atomic E-state index is 0.423. The average molecular weight is 350 g/mol. The third-order valence-corrected chi connectivity index (χ3v) is 5.30. The zero-order chi connectivity index (χ0) is 18.1. The summed E-state index contributed by atoms with van der Waals surface area (Å²) in [5.41, 5.74) is 1.23. The highest BCUT2D eigenvalue weighted by Gasteiger charge is 2.35. The van der Waals surface area contributed by atoms with Gasteiger partial charge >= 0.3 is 0 Å². The SMILES string of the molecule is C=C(Nc1cc2cc(-c3cncn3C)ccc2cn1)C1(F)CCCCC1. The number of anilines is 1. The first kappa shape index (κ1) is 16.8. The fraction of sp³-hybridized carbons (Fsp3) is 0.333. The van der Waals surface area contributed by atoms with Crippen LogP contribution in [0.2, 0.25) is 0 Å². The number of halogens is 1. The van der Waals surface area contributed by atoms with Crippen molar-refractivity contribution in [2.45, 2.75) is 37.8 Å². The molecular formula is C21H23FN4. The van der Waals surface area contributed by atoms with Crippen LogP contribution in [0.5, 0.6) is 0 Å². The fourth-order valence-electron chi connectivity index (χ4n) is 3.68. The normalized spacial score (nSPS) is 16.5. The molecule has 0 aliphatic heterocycles. The van der Waals surface area contributed by atoms with Crippen LogP contribution in [0.15, 0.2) is 55.3 Å². The quantitative estimate of drug-likeness (QED) is 0.700. The number of imidazole rings is 1. The number of alkyl halides is 1. The van der Waals surface area contributed by atoms with Crippen LogP contribution in [0, 0.1) is 0 Å². The topological polar surface area (TPSA) is 42.7 Å². The van der Waals surface area contributed by atoms with E-state index in [0.717, 1.165) is 41.3 Å². The van der Waals surface area contributed by atoms with E-state index < -0.39 is 5.67 Å². The molecule has 2 heterocycles. The Morgan fingerprint density at radius 2 is 1.96 bits per heavy atom. The smallest absolute Gasteiger partial charge is 0.150 e. The fourth-order valence-corrected chi connectivity index (χ4v) is 3.68. The van der Waals surface area contributed by atoms with Gasteiger partial charge in [-0.15, -0.1) is 0 Å². The van der Waals surface area contributed by atoms with Crippen LogP contribution >= 0.6 is 0 Å². The van der Waals surface area contributed by atoms with Gasteiger partial charge < -0.3 is 9.88 Å². The number of rotatable bonds is 4. The van der Waals surface area contributed by atoms with E-state index in [1.165, 1.54) is 0 Å². The third-order valence-electron chi connectivity index (χ3n) is 5.30. The second-order valence-corrected chi connectivity index (χ2v) is 7.15. The van der Waals surface area contributed by atoms with E-state index in [4.69, 9.17) is 0 Å². The van der Waals surface area contributed by atoms with E-state index in [-0.39, 0.29) is 0 Å². The Morgan fingerprint density at radius 1 is 1.15 bits per heavy atom. The summed E-state index contributed by atoms with van der Waals surface area (Å²) in [7, 11) is 1.97. The van der Waals surface area contributed by atoms with Gasteiger partial charge in [0.25, 0.3) is 0 Å². The lowest BCUT2D eigenvalue weighted by Crippen LogP contribution is -2.31. The Bertz CT molecular complexity index is 954. The average Bonchev–Trinajstić information content (AvgIpc) is 3.07. The van der Waals surface area contributed by atoms with Crippen molar-refractivity contribution < 1.29 is 4.39 Å². The van der Waals surface area contributed by atoms with Crippen LogP contribution in [-0.2, 0) is 7.05 Å². The van der Waals surface area contributed by atoms with Crippen LogP contribution in [0.3, 0.4) is 0 Å². The number of allylic oxidation sites excluding steroid dienone is 1. The van der Waals surface area contributed by atoms with E-state index in [1.54, 1.807) is 6.33 Å². The molecule has 1 aliphatic carbocycles. The third kappa shape index (κ3) is 3.09. The second-order valence-electron chi connectivity index (χ2n) is 7.15. The lowest BCUT2D eigenvalue weighted by Gasteiger charge is -2.31. The lowest BCUT2D eigenvalue weighted by atomic mass is 9.84. The highest BCUT2D eigenvalue weighted by atomic mass is 19.1. The Balaban J connectivity index is 1.62. The van der Waals surface area contributed by atoms with E-state index in [0.29, 0.717) is 24.4 Å². The molecule has 0 radical (unpaired) electrons. The van der Waals surface area contributed by atoms with E-state index >= 15 is 4.39 Å². The van der Waals surface area contributed by atoms with Gasteiger partial charge in [-0.3, -0.25) is 0 Å². The molecule has 0 atom stereocenters. The Kier molecular flexibility index (Phi) is 4.23. The van der Waals surface area contributed by atoms with Gasteiger partial charge in [-0.25, -0.2) is 14.4 Å². The summed E-state index contributed by atoms with van der Waals surface area (Å²) >= 11 is 0. The van der Waals surface area contributed by atoms with Crippen LogP contribution in [-0.4, -0.2) is 20.2 Å². The van der Waals surface area contributed by atoms with Crippen molar-refractivity contribution >= 4 is 16.6 Å². The van der Waals surface area contributed by atoms with Crippen molar-refractivity contribution in [1.82, 2.24) is 14.5 Å². The number of aromatic nitrogens is 3. The zero-order valence-corrected chi connectivity index (χ0v) is 15.0. The molecule has 0 unspecified atom stereocenters. The molecule has 0 amide bonds. The molecule has 1 aliphatic rings. The first-order valence-corrected chi connectivity index (χ1v) is 9.07. The van der Waals surface area contributed by atoms with Gasteiger partial charge in [-0.05, 0) is 43.2 Å². The molecule has 4 rings (SSSR count). The first-order valence-electron chi connectivity index (χ1n) is 9.07. The lowest BCUT2D eigenvalue weighted by molar-refractivity contribution is 0.151. The van der Waals surface area contributed by atoms with Crippen molar-refractivity contribution in [2.75, 3.05) is 5.32 Å². The van der Waals surface area contributed by atoms with Crippen LogP contribution in [0.4, 0.5) is 10.2 Å². The summed E-state index contributed by atoms with van der Waals surface area (Å²) in [6, 6.07) is 8.16. The Labute approximate surface area is 152 Å². The minimum Gasteiger partial charge on any atom is -0.341 e. The number of nitrogens with zero attached hydrogens (tertiary/aromatic N) is 3. The van der Waals surface area contributed by atoms with Crippen LogP contribution in [0.25, 0.3) is 22.0 Å². The van der Waals surface area contributed by atoms with Gasteiger partial charge in [0, 0.05) is 29.9 Å². The van der Waals surface area contributed by atoms with Gasteiger partial charge in [0.05, 0.1) is 18.2 Å². The molecular weight excluding hydrogens is 327 g/mol. The summed E-state index contributed by atoms with van der Waals surface area (Å²) in [5, 5.41) is 5.20. The van der Waals surface area contributed by atoms with E-state index in [1.807, 2.05) is 36.1 Å². The number of benzene rings is 1. The largest absolute Gasteiger partial charge is 0.341 e. The predicted octanol–water partition coefficient (Wildman–Crippen LogP) is 5.23. The molecule has 4 nitrogen and oxygen atoms in total. The standard InChI is InChI=1S/C21H23FN4/c1-15(21(22)8-4-3-5-9-21)25-20-11-18-10-16(6-7-17(18)12-24-20)19-13-23-14-26(19)2/h6-7,10-14H,1,3-5,8-9H2,2H3,(H,24,25). The molecule has 1 aromatic carbocycles. The number of hydrogen-bond acceptors (Lipinski definition) is 3. The van der Waals surface area contributed by atoms with Gasteiger partial charge in [0.1, 0.15) is 11.5 Å². The number of fused-ring (bicyclic) bond motifs is 1. The summed E-state index contributed by atoms with van der Waals surface area (Å²) < 4.78 is 17.0. The minimum atomic E-state index is -1.33. The molecule has 134 valence electrons. The second kappa shape index (κ2) is 6.56. The number of nitrogens with one attached hydrogen (secondary N) is 1. The molecule has 0 saturated heterocycles. The van der Waals surface area contributed by atoms with Crippen molar-refractivity contribution in [2.24, 2.45) is 7.05 Å². The van der Waals surface area contributed by atoms with E-state index in [9.17, 15) is 0 Å². The zero-order valence-electron chi connectivity index (χ0n) is 15.0.